The molecular weight excluding hydrogens is 312 g/mol. The first-order valence-electron chi connectivity index (χ1n) is 9.26. The number of aromatic nitrogens is 1. The molecule has 1 N–H and O–H groups in total. The van der Waals surface area contributed by atoms with Crippen LogP contribution in [0, 0.1) is 6.92 Å². The van der Waals surface area contributed by atoms with Gasteiger partial charge < -0.3 is 19.9 Å². The number of unbranched alkanes of at least 4 members (excludes halogenated alkanes) is 1. The smallest absolute Gasteiger partial charge is 0.121 e. The number of aryl methyl sites for hydroxylation is 1. The van der Waals surface area contributed by atoms with Gasteiger partial charge in [0.15, 0.2) is 0 Å². The standard InChI is InChI=1S/C20H30N4O/c1-16-14-19(18-7-6-17(25-3)15-20(18)22-16)21-8-4-5-9-24-12-10-23(2)11-13-24/h6-7,14-15H,4-5,8-13H2,1-3H3,(H,21,22). The first-order valence-corrected chi connectivity index (χ1v) is 9.26. The second kappa shape index (κ2) is 8.50. The lowest BCUT2D eigenvalue weighted by atomic mass is 10.1. The van der Waals surface area contributed by atoms with E-state index in [1.807, 2.05) is 19.1 Å². The summed E-state index contributed by atoms with van der Waals surface area (Å²) in [7, 11) is 3.90. The molecule has 2 heterocycles. The second-order valence-electron chi connectivity index (χ2n) is 6.97. The molecule has 2 aromatic rings. The first kappa shape index (κ1) is 18.0. The van der Waals surface area contributed by atoms with Crippen LogP contribution in [0.25, 0.3) is 10.9 Å². The Hall–Kier alpha value is -1.85. The molecular formula is C20H30N4O. The summed E-state index contributed by atoms with van der Waals surface area (Å²) < 4.78 is 5.31. The fraction of sp³-hybridized carbons (Fsp3) is 0.550. The zero-order valence-corrected chi connectivity index (χ0v) is 15.7. The molecule has 0 saturated carbocycles. The van der Waals surface area contributed by atoms with Crippen molar-refractivity contribution >= 4 is 16.6 Å². The van der Waals surface area contributed by atoms with Gasteiger partial charge in [0.25, 0.3) is 0 Å². The van der Waals surface area contributed by atoms with Crippen molar-refractivity contribution in [2.45, 2.75) is 19.8 Å². The predicted octanol–water partition coefficient (Wildman–Crippen LogP) is 2.99. The van der Waals surface area contributed by atoms with E-state index in [4.69, 9.17) is 4.74 Å². The number of pyridine rings is 1. The van der Waals surface area contributed by atoms with Crippen LogP contribution < -0.4 is 10.1 Å². The largest absolute Gasteiger partial charge is 0.497 e. The molecule has 0 aliphatic carbocycles. The number of ether oxygens (including phenoxy) is 1. The summed E-state index contributed by atoms with van der Waals surface area (Å²) in [5.74, 6) is 0.851. The fourth-order valence-corrected chi connectivity index (χ4v) is 3.37. The Morgan fingerprint density at radius 2 is 1.92 bits per heavy atom. The maximum atomic E-state index is 5.31. The highest BCUT2D eigenvalue weighted by Crippen LogP contribution is 2.26. The van der Waals surface area contributed by atoms with E-state index in [2.05, 4.69) is 39.3 Å². The molecule has 1 aliphatic heterocycles. The minimum Gasteiger partial charge on any atom is -0.497 e. The van der Waals surface area contributed by atoms with Gasteiger partial charge >= 0.3 is 0 Å². The lowest BCUT2D eigenvalue weighted by Crippen LogP contribution is -2.44. The molecule has 1 saturated heterocycles. The maximum Gasteiger partial charge on any atom is 0.121 e. The Bertz CT molecular complexity index is 695. The number of hydrogen-bond acceptors (Lipinski definition) is 5. The highest BCUT2D eigenvalue weighted by Gasteiger charge is 2.12. The van der Waals surface area contributed by atoms with Crippen molar-refractivity contribution in [1.29, 1.82) is 0 Å². The third-order valence-corrected chi connectivity index (χ3v) is 4.96. The minimum atomic E-state index is 0.851. The van der Waals surface area contributed by atoms with Crippen molar-refractivity contribution in [1.82, 2.24) is 14.8 Å². The molecule has 1 fully saturated rings. The van der Waals surface area contributed by atoms with E-state index in [0.29, 0.717) is 0 Å². The van der Waals surface area contributed by atoms with Gasteiger partial charge in [-0.25, -0.2) is 0 Å². The molecule has 5 heteroatoms. The van der Waals surface area contributed by atoms with Gasteiger partial charge in [-0.3, -0.25) is 4.98 Å². The van der Waals surface area contributed by atoms with E-state index in [9.17, 15) is 0 Å². The Morgan fingerprint density at radius 3 is 2.68 bits per heavy atom. The van der Waals surface area contributed by atoms with Crippen molar-refractivity contribution in [2.75, 3.05) is 58.7 Å². The summed E-state index contributed by atoms with van der Waals surface area (Å²) in [6.07, 6.45) is 2.43. The molecule has 0 amide bonds. The summed E-state index contributed by atoms with van der Waals surface area (Å²) in [6, 6.07) is 8.22. The van der Waals surface area contributed by atoms with Gasteiger partial charge in [0.2, 0.25) is 0 Å². The molecule has 0 radical (unpaired) electrons. The van der Waals surface area contributed by atoms with Gasteiger partial charge in [0, 0.05) is 55.6 Å². The van der Waals surface area contributed by atoms with Crippen LogP contribution in [-0.4, -0.2) is 68.2 Å². The summed E-state index contributed by atoms with van der Waals surface area (Å²) in [5.41, 5.74) is 3.18. The quantitative estimate of drug-likeness (QED) is 0.784. The van der Waals surface area contributed by atoms with Crippen molar-refractivity contribution in [3.05, 3.63) is 30.0 Å². The summed E-state index contributed by atoms with van der Waals surface area (Å²) in [5, 5.41) is 4.76. The van der Waals surface area contributed by atoms with Crippen molar-refractivity contribution in [3.63, 3.8) is 0 Å². The molecule has 5 nitrogen and oxygen atoms in total. The van der Waals surface area contributed by atoms with E-state index >= 15 is 0 Å². The average molecular weight is 342 g/mol. The molecule has 1 aromatic carbocycles. The number of fused-ring (bicyclic) bond motifs is 1. The number of anilines is 1. The molecule has 3 rings (SSSR count). The number of rotatable bonds is 7. The average Bonchev–Trinajstić information content (AvgIpc) is 2.62. The highest BCUT2D eigenvalue weighted by atomic mass is 16.5. The number of nitrogens with one attached hydrogen (secondary N) is 1. The van der Waals surface area contributed by atoms with Crippen molar-refractivity contribution < 1.29 is 4.74 Å². The fourth-order valence-electron chi connectivity index (χ4n) is 3.37. The van der Waals surface area contributed by atoms with E-state index in [0.717, 1.165) is 28.9 Å². The van der Waals surface area contributed by atoms with E-state index in [-0.39, 0.29) is 0 Å². The molecule has 0 bridgehead atoms. The molecule has 1 aromatic heterocycles. The zero-order chi connectivity index (χ0) is 17.6. The second-order valence-corrected chi connectivity index (χ2v) is 6.97. The van der Waals surface area contributed by atoms with Crippen LogP contribution in [0.2, 0.25) is 0 Å². The zero-order valence-electron chi connectivity index (χ0n) is 15.7. The van der Waals surface area contributed by atoms with Crippen molar-refractivity contribution in [2.24, 2.45) is 0 Å². The Balaban J connectivity index is 1.51. The normalized spacial score (nSPS) is 16.3. The lowest BCUT2D eigenvalue weighted by molar-refractivity contribution is 0.152. The summed E-state index contributed by atoms with van der Waals surface area (Å²) >= 11 is 0. The maximum absolute atomic E-state index is 5.31. The van der Waals surface area contributed by atoms with Crippen LogP contribution >= 0.6 is 0 Å². The molecule has 25 heavy (non-hydrogen) atoms. The lowest BCUT2D eigenvalue weighted by Gasteiger charge is -2.32. The number of piperazine rings is 1. The first-order chi connectivity index (χ1) is 12.2. The van der Waals surface area contributed by atoms with Crippen LogP contribution in [0.4, 0.5) is 5.69 Å². The Kier molecular flexibility index (Phi) is 6.10. The van der Waals surface area contributed by atoms with Gasteiger partial charge in [-0.2, -0.15) is 0 Å². The van der Waals surface area contributed by atoms with Gasteiger partial charge in [-0.1, -0.05) is 0 Å². The predicted molar refractivity (Wildman–Crippen MR) is 105 cm³/mol. The summed E-state index contributed by atoms with van der Waals surface area (Å²) in [4.78, 5) is 9.61. The van der Waals surface area contributed by atoms with Crippen LogP contribution in [0.5, 0.6) is 5.75 Å². The van der Waals surface area contributed by atoms with Crippen LogP contribution in [0.1, 0.15) is 18.5 Å². The van der Waals surface area contributed by atoms with Gasteiger partial charge in [0.1, 0.15) is 5.75 Å². The topological polar surface area (TPSA) is 40.6 Å². The summed E-state index contributed by atoms with van der Waals surface area (Å²) in [6.45, 7) is 9.06. The number of hydrogen-bond donors (Lipinski definition) is 1. The minimum absolute atomic E-state index is 0.851. The third-order valence-electron chi connectivity index (χ3n) is 4.96. The molecule has 0 atom stereocenters. The van der Waals surface area contributed by atoms with Crippen LogP contribution in [-0.2, 0) is 0 Å². The SMILES string of the molecule is COc1ccc2c(NCCCCN3CCN(C)CC3)cc(C)nc2c1. The third kappa shape index (κ3) is 4.83. The monoisotopic (exact) mass is 342 g/mol. The molecule has 136 valence electrons. The van der Waals surface area contributed by atoms with E-state index in [1.165, 1.54) is 51.3 Å². The molecule has 0 unspecified atom stereocenters. The van der Waals surface area contributed by atoms with E-state index < -0.39 is 0 Å². The Labute approximate surface area is 151 Å². The van der Waals surface area contributed by atoms with E-state index in [1.54, 1.807) is 7.11 Å². The van der Waals surface area contributed by atoms with Crippen LogP contribution in [0.3, 0.4) is 0 Å². The number of methoxy groups -OCH3 is 1. The van der Waals surface area contributed by atoms with Gasteiger partial charge in [-0.05, 0) is 51.6 Å². The number of benzene rings is 1. The van der Waals surface area contributed by atoms with Crippen LogP contribution in [0.15, 0.2) is 24.3 Å². The molecule has 0 spiro atoms. The highest BCUT2D eigenvalue weighted by molar-refractivity contribution is 5.92. The number of nitrogens with zero attached hydrogens (tertiary/aromatic N) is 3. The Morgan fingerprint density at radius 1 is 1.12 bits per heavy atom. The number of likely N-dealkylation sites (N-methyl/N-ethyl adjacent to an activating group) is 1. The van der Waals surface area contributed by atoms with Crippen molar-refractivity contribution in [3.8, 4) is 5.75 Å². The molecule has 1 aliphatic rings. The van der Waals surface area contributed by atoms with Gasteiger partial charge in [0.05, 0.1) is 12.6 Å². The van der Waals surface area contributed by atoms with Gasteiger partial charge in [-0.15, -0.1) is 0 Å².